The van der Waals surface area contributed by atoms with Crippen LogP contribution in [0.5, 0.6) is 0 Å². The first kappa shape index (κ1) is 39.2. The molecule has 0 aromatic carbocycles. The van der Waals surface area contributed by atoms with Crippen LogP contribution in [0.2, 0.25) is 0 Å². The summed E-state index contributed by atoms with van der Waals surface area (Å²) in [5.74, 6) is 0. The average Bonchev–Trinajstić information content (AvgIpc) is 2.87. The van der Waals surface area contributed by atoms with E-state index in [4.69, 9.17) is 42.6 Å². The van der Waals surface area contributed by atoms with Crippen LogP contribution in [0.15, 0.2) is 0 Å². The van der Waals surface area contributed by atoms with Crippen molar-refractivity contribution in [3.05, 3.63) is 0 Å². The number of phosphoric acid groups is 3. The van der Waals surface area contributed by atoms with Crippen molar-refractivity contribution in [2.75, 3.05) is 33.0 Å². The molecular weight excluding hydrogens is 609 g/mol. The largest absolute Gasteiger partial charge is 0.474 e. The highest BCUT2D eigenvalue weighted by Gasteiger charge is 2.47. The maximum Gasteiger partial charge on any atom is 0.474 e. The van der Waals surface area contributed by atoms with Crippen LogP contribution in [0.1, 0.15) is 90.9 Å². The summed E-state index contributed by atoms with van der Waals surface area (Å²) >= 11 is 0. The van der Waals surface area contributed by atoms with Gasteiger partial charge < -0.3 is 34.2 Å². The Labute approximate surface area is 242 Å². The standard InChI is InChI=1S/C23H49O15P3/c1-3-5-7-9-11-13-15-34-41(31,35-16-14-12-10-8-6-4-2)36-18-17-32-23-21(24)22(38-40(28,29)30)20(19-33-23)37-39(25,26)27/h20-24H,3-19H2,1-2H3,(H2,25,26,27)(H2,28,29,30)/t20-,21-,22+,23+/m1/s1. The summed E-state index contributed by atoms with van der Waals surface area (Å²) < 4.78 is 71.6. The predicted octanol–water partition coefficient (Wildman–Crippen LogP) is 4.55. The van der Waals surface area contributed by atoms with Gasteiger partial charge in [0.25, 0.3) is 0 Å². The number of ether oxygens (including phenoxy) is 2. The SMILES string of the molecule is CCCCCCCCOP(=O)(OCCCCCCCC)OCCO[C@H]1OC[C@@H](OP(=O)(O)O)[C@H](OP(=O)(O)O)[C@H]1O. The van der Waals surface area contributed by atoms with E-state index in [-0.39, 0.29) is 26.4 Å². The fourth-order valence-electron chi connectivity index (χ4n) is 4.00. The monoisotopic (exact) mass is 658 g/mol. The van der Waals surface area contributed by atoms with Crippen molar-refractivity contribution in [1.29, 1.82) is 0 Å². The number of aliphatic hydroxyl groups excluding tert-OH is 1. The third-order valence-corrected chi connectivity index (χ3v) is 8.61. The van der Waals surface area contributed by atoms with Crippen LogP contribution in [0, 0.1) is 0 Å². The molecule has 0 aromatic rings. The number of rotatable bonds is 25. The minimum Gasteiger partial charge on any atom is -0.385 e. The first-order valence-electron chi connectivity index (χ1n) is 14.2. The molecule has 0 aliphatic carbocycles. The fraction of sp³-hybridized carbons (Fsp3) is 1.00. The van der Waals surface area contributed by atoms with Gasteiger partial charge in [0.05, 0.1) is 33.0 Å². The molecule has 5 N–H and O–H groups in total. The molecule has 1 aliphatic rings. The minimum atomic E-state index is -5.20. The maximum absolute atomic E-state index is 13.2. The van der Waals surface area contributed by atoms with Crippen molar-refractivity contribution < 1.29 is 70.5 Å². The summed E-state index contributed by atoms with van der Waals surface area (Å²) in [5.41, 5.74) is 0. The molecule has 1 aliphatic heterocycles. The Kier molecular flexibility index (Phi) is 20.1. The molecule has 0 saturated carbocycles. The Morgan fingerprint density at radius 1 is 0.659 bits per heavy atom. The lowest BCUT2D eigenvalue weighted by Gasteiger charge is -2.39. The van der Waals surface area contributed by atoms with Crippen molar-refractivity contribution >= 4 is 23.5 Å². The van der Waals surface area contributed by atoms with Crippen LogP contribution in [0.25, 0.3) is 0 Å². The lowest BCUT2D eigenvalue weighted by atomic mass is 10.1. The smallest absolute Gasteiger partial charge is 0.385 e. The van der Waals surface area contributed by atoms with E-state index >= 15 is 0 Å². The first-order valence-corrected chi connectivity index (χ1v) is 18.7. The highest BCUT2D eigenvalue weighted by atomic mass is 31.2. The summed E-state index contributed by atoms with van der Waals surface area (Å²) in [5, 5.41) is 10.5. The van der Waals surface area contributed by atoms with E-state index < -0.39 is 54.7 Å². The zero-order valence-electron chi connectivity index (χ0n) is 24.0. The van der Waals surface area contributed by atoms with Gasteiger partial charge in [0.1, 0.15) is 18.3 Å². The summed E-state index contributed by atoms with van der Waals surface area (Å²) in [6.45, 7) is 3.41. The molecule has 246 valence electrons. The lowest BCUT2D eigenvalue weighted by Crippen LogP contribution is -2.55. The van der Waals surface area contributed by atoms with Gasteiger partial charge in [-0.15, -0.1) is 0 Å². The Morgan fingerprint density at radius 2 is 1.12 bits per heavy atom. The molecule has 41 heavy (non-hydrogen) atoms. The Balaban J connectivity index is 2.61. The number of aliphatic hydroxyl groups is 1. The lowest BCUT2D eigenvalue weighted by molar-refractivity contribution is -0.265. The van der Waals surface area contributed by atoms with Gasteiger partial charge in [-0.3, -0.25) is 22.6 Å². The molecule has 15 nitrogen and oxygen atoms in total. The van der Waals surface area contributed by atoms with Crippen molar-refractivity contribution in [2.45, 2.75) is 115 Å². The molecule has 0 spiro atoms. The van der Waals surface area contributed by atoms with Crippen molar-refractivity contribution in [1.82, 2.24) is 0 Å². The van der Waals surface area contributed by atoms with Crippen LogP contribution in [0.4, 0.5) is 0 Å². The van der Waals surface area contributed by atoms with Gasteiger partial charge in [-0.25, -0.2) is 13.7 Å². The summed E-state index contributed by atoms with van der Waals surface area (Å²) in [4.78, 5) is 36.4. The quantitative estimate of drug-likeness (QED) is 0.0671. The van der Waals surface area contributed by atoms with Crippen molar-refractivity contribution in [3.8, 4) is 0 Å². The van der Waals surface area contributed by atoms with E-state index in [0.717, 1.165) is 64.2 Å². The van der Waals surface area contributed by atoms with Crippen molar-refractivity contribution in [2.24, 2.45) is 0 Å². The van der Waals surface area contributed by atoms with Gasteiger partial charge in [0, 0.05) is 0 Å². The second kappa shape index (κ2) is 21.0. The molecular formula is C23H49O15P3. The van der Waals surface area contributed by atoms with E-state index in [1.165, 1.54) is 0 Å². The van der Waals surface area contributed by atoms with Gasteiger partial charge in [0.2, 0.25) is 0 Å². The van der Waals surface area contributed by atoms with Crippen molar-refractivity contribution in [3.63, 3.8) is 0 Å². The second-order valence-corrected chi connectivity index (χ2v) is 13.8. The van der Waals surface area contributed by atoms with Gasteiger partial charge in [-0.05, 0) is 12.8 Å². The number of hydrogen-bond donors (Lipinski definition) is 5. The molecule has 0 radical (unpaired) electrons. The fourth-order valence-corrected chi connectivity index (χ4v) is 6.34. The summed E-state index contributed by atoms with van der Waals surface area (Å²) in [6.07, 6.45) is 5.11. The highest BCUT2D eigenvalue weighted by molar-refractivity contribution is 7.48. The van der Waals surface area contributed by atoms with Gasteiger partial charge >= 0.3 is 23.5 Å². The van der Waals surface area contributed by atoms with Crippen LogP contribution in [0.3, 0.4) is 0 Å². The van der Waals surface area contributed by atoms with Crippen LogP contribution >= 0.6 is 23.5 Å². The molecule has 1 fully saturated rings. The topological polar surface area (TPSA) is 217 Å². The van der Waals surface area contributed by atoms with E-state index in [9.17, 15) is 18.8 Å². The van der Waals surface area contributed by atoms with Gasteiger partial charge in [0.15, 0.2) is 6.29 Å². The Hall–Kier alpha value is 0.210. The molecule has 1 rings (SSSR count). The summed E-state index contributed by atoms with van der Waals surface area (Å²) in [7, 11) is -14.2. The highest BCUT2D eigenvalue weighted by Crippen LogP contribution is 2.50. The van der Waals surface area contributed by atoms with Crippen LogP contribution in [-0.2, 0) is 45.8 Å². The molecule has 0 amide bonds. The normalized spacial score (nSPS) is 22.3. The number of unbranched alkanes of at least 4 members (excludes halogenated alkanes) is 10. The minimum absolute atomic E-state index is 0.188. The molecule has 18 heteroatoms. The van der Waals surface area contributed by atoms with E-state index in [1.807, 2.05) is 0 Å². The predicted molar refractivity (Wildman–Crippen MR) is 148 cm³/mol. The molecule has 0 bridgehead atoms. The van der Waals surface area contributed by atoms with Crippen LogP contribution in [-0.4, -0.2) is 82.3 Å². The zero-order valence-corrected chi connectivity index (χ0v) is 26.7. The Bertz CT molecular complexity index is 798. The maximum atomic E-state index is 13.2. The third kappa shape index (κ3) is 19.3. The van der Waals surface area contributed by atoms with E-state index in [2.05, 4.69) is 22.9 Å². The van der Waals surface area contributed by atoms with E-state index in [1.54, 1.807) is 0 Å². The van der Waals surface area contributed by atoms with Crippen LogP contribution < -0.4 is 0 Å². The number of hydrogen-bond acceptors (Lipinski definition) is 11. The van der Waals surface area contributed by atoms with E-state index in [0.29, 0.717) is 12.8 Å². The molecule has 4 atom stereocenters. The molecule has 1 heterocycles. The second-order valence-electron chi connectivity index (χ2n) is 9.74. The average molecular weight is 659 g/mol. The number of phosphoric ester groups is 3. The molecule has 1 saturated heterocycles. The van der Waals surface area contributed by atoms with Gasteiger partial charge in [-0.2, -0.15) is 0 Å². The third-order valence-electron chi connectivity index (χ3n) is 6.05. The zero-order chi connectivity index (χ0) is 30.8. The molecule has 0 aromatic heterocycles. The van der Waals surface area contributed by atoms with Gasteiger partial charge in [-0.1, -0.05) is 78.1 Å². The summed E-state index contributed by atoms with van der Waals surface area (Å²) in [6, 6.07) is 0. The molecule has 0 unspecified atom stereocenters. The Morgan fingerprint density at radius 3 is 1.61 bits per heavy atom. The first-order chi connectivity index (χ1) is 19.3.